The van der Waals surface area contributed by atoms with E-state index in [1.807, 2.05) is 31.2 Å². The van der Waals surface area contributed by atoms with Gasteiger partial charge in [0.1, 0.15) is 5.82 Å². The maximum Gasteiger partial charge on any atom is 0.315 e. The third-order valence-electron chi connectivity index (χ3n) is 4.96. The number of fused-ring (bicyclic) bond motifs is 1. The van der Waals surface area contributed by atoms with Crippen LogP contribution in [0.2, 0.25) is 0 Å². The summed E-state index contributed by atoms with van der Waals surface area (Å²) in [6, 6.07) is 7.92. The highest BCUT2D eigenvalue weighted by molar-refractivity contribution is 7.98. The van der Waals surface area contributed by atoms with E-state index in [9.17, 15) is 9.59 Å². The molecule has 7 heteroatoms. The zero-order valence-electron chi connectivity index (χ0n) is 14.8. The molecule has 1 fully saturated rings. The van der Waals surface area contributed by atoms with Crippen LogP contribution in [-0.2, 0) is 21.1 Å². The van der Waals surface area contributed by atoms with Gasteiger partial charge in [-0.1, -0.05) is 18.2 Å². The van der Waals surface area contributed by atoms with E-state index in [2.05, 4.69) is 5.32 Å². The van der Waals surface area contributed by atoms with Gasteiger partial charge in [-0.2, -0.15) is 16.9 Å². The Labute approximate surface area is 156 Å². The Balaban J connectivity index is 1.64. The van der Waals surface area contributed by atoms with Crippen LogP contribution in [0.25, 0.3) is 5.69 Å². The molecule has 0 saturated carbocycles. The van der Waals surface area contributed by atoms with Crippen molar-refractivity contribution in [2.24, 2.45) is 0 Å². The van der Waals surface area contributed by atoms with Crippen LogP contribution in [-0.4, -0.2) is 39.6 Å². The van der Waals surface area contributed by atoms with Crippen LogP contribution in [0.1, 0.15) is 36.1 Å². The molecule has 0 atom stereocenters. The topological polar surface area (TPSA) is 67.2 Å². The van der Waals surface area contributed by atoms with Gasteiger partial charge in [-0.05, 0) is 37.8 Å². The second kappa shape index (κ2) is 7.15. The molecule has 2 aliphatic heterocycles. The lowest BCUT2D eigenvalue weighted by Crippen LogP contribution is -2.42. The predicted molar refractivity (Wildman–Crippen MR) is 102 cm³/mol. The normalized spacial score (nSPS) is 16.4. The number of nitrogens with zero attached hydrogens (tertiary/aromatic N) is 3. The molecule has 3 heterocycles. The van der Waals surface area contributed by atoms with Crippen molar-refractivity contribution in [1.82, 2.24) is 14.7 Å². The number of hydrogen-bond donors (Lipinski definition) is 1. The fourth-order valence-electron chi connectivity index (χ4n) is 3.52. The number of para-hydroxylation sites is 1. The van der Waals surface area contributed by atoms with Gasteiger partial charge in [-0.25, -0.2) is 4.68 Å². The van der Waals surface area contributed by atoms with Crippen molar-refractivity contribution in [3.05, 3.63) is 41.1 Å². The summed E-state index contributed by atoms with van der Waals surface area (Å²) in [6.07, 6.45) is 3.05. The summed E-state index contributed by atoms with van der Waals surface area (Å²) >= 11 is 1.77. The molecular weight excluding hydrogens is 348 g/mol. The van der Waals surface area contributed by atoms with Gasteiger partial charge in [-0.15, -0.1) is 0 Å². The number of anilines is 1. The number of likely N-dealkylation sites (tertiary alicyclic amines) is 1. The Bertz CT molecular complexity index is 855. The third-order valence-corrected chi connectivity index (χ3v) is 5.94. The fraction of sp³-hybridized carbons (Fsp3) is 0.421. The van der Waals surface area contributed by atoms with Crippen LogP contribution >= 0.6 is 11.8 Å². The van der Waals surface area contributed by atoms with E-state index in [-0.39, 0.29) is 0 Å². The first-order valence-electron chi connectivity index (χ1n) is 9.00. The third kappa shape index (κ3) is 3.11. The van der Waals surface area contributed by atoms with Crippen molar-refractivity contribution in [3.63, 3.8) is 0 Å². The number of amides is 2. The van der Waals surface area contributed by atoms with Crippen molar-refractivity contribution >= 4 is 29.4 Å². The molecule has 1 saturated heterocycles. The molecule has 2 aliphatic rings. The lowest BCUT2D eigenvalue weighted by atomic mass is 10.1. The highest BCUT2D eigenvalue weighted by atomic mass is 32.2. The number of piperidine rings is 1. The van der Waals surface area contributed by atoms with Crippen molar-refractivity contribution in [1.29, 1.82) is 0 Å². The Kier molecular flexibility index (Phi) is 4.72. The lowest BCUT2D eigenvalue weighted by Gasteiger charge is -2.26. The van der Waals surface area contributed by atoms with Gasteiger partial charge in [-0.3, -0.25) is 9.59 Å². The van der Waals surface area contributed by atoms with Crippen LogP contribution in [0, 0.1) is 6.92 Å². The minimum atomic E-state index is -0.568. The van der Waals surface area contributed by atoms with Crippen molar-refractivity contribution in [3.8, 4) is 5.69 Å². The number of nitrogens with one attached hydrogen (secondary N) is 1. The first kappa shape index (κ1) is 17.1. The van der Waals surface area contributed by atoms with E-state index in [4.69, 9.17) is 5.10 Å². The molecular formula is C19H22N4O2S. The molecule has 136 valence electrons. The summed E-state index contributed by atoms with van der Waals surface area (Å²) in [5, 5.41) is 7.57. The fourth-order valence-corrected chi connectivity index (χ4v) is 4.55. The van der Waals surface area contributed by atoms with Crippen molar-refractivity contribution in [2.45, 2.75) is 37.7 Å². The van der Waals surface area contributed by atoms with Gasteiger partial charge in [0.15, 0.2) is 0 Å². The summed E-state index contributed by atoms with van der Waals surface area (Å²) in [4.78, 5) is 26.8. The minimum absolute atomic E-state index is 0.443. The average molecular weight is 370 g/mol. The van der Waals surface area contributed by atoms with Crippen LogP contribution < -0.4 is 5.32 Å². The van der Waals surface area contributed by atoms with Gasteiger partial charge in [0.2, 0.25) is 0 Å². The lowest BCUT2D eigenvalue weighted by molar-refractivity contribution is -0.143. The Morgan fingerprint density at radius 2 is 1.88 bits per heavy atom. The summed E-state index contributed by atoms with van der Waals surface area (Å²) in [5.74, 6) is 1.25. The maximum atomic E-state index is 12.6. The molecule has 4 rings (SSSR count). The molecule has 2 aromatic rings. The number of hydrogen-bond acceptors (Lipinski definition) is 4. The van der Waals surface area contributed by atoms with E-state index in [0.29, 0.717) is 18.9 Å². The summed E-state index contributed by atoms with van der Waals surface area (Å²) in [7, 11) is 0. The smallest absolute Gasteiger partial charge is 0.315 e. The van der Waals surface area contributed by atoms with Crippen molar-refractivity contribution < 1.29 is 9.59 Å². The Hall–Kier alpha value is -2.28. The van der Waals surface area contributed by atoms with Crippen LogP contribution in [0.4, 0.5) is 5.82 Å². The SMILES string of the molecule is Cc1ccccc1-n1nc2c(c1NC(=O)C(=O)N1CCCCC1)CSC2. The standard InChI is InChI=1S/C19H22N4O2S/c1-13-7-3-4-8-16(13)23-17(14-11-26-12-15(14)21-23)20-18(24)19(25)22-9-5-2-6-10-22/h3-4,7-8H,2,5-6,9-12H2,1H3,(H,20,24). The number of aromatic nitrogens is 2. The van der Waals surface area contributed by atoms with Gasteiger partial charge < -0.3 is 10.2 Å². The highest BCUT2D eigenvalue weighted by Gasteiger charge is 2.29. The number of rotatable bonds is 2. The molecule has 1 aromatic carbocycles. The molecule has 26 heavy (non-hydrogen) atoms. The number of carbonyl (C=O) groups excluding carboxylic acids is 2. The van der Waals surface area contributed by atoms with E-state index < -0.39 is 11.8 Å². The Morgan fingerprint density at radius 3 is 2.65 bits per heavy atom. The van der Waals surface area contributed by atoms with E-state index in [0.717, 1.165) is 53.3 Å². The maximum absolute atomic E-state index is 12.6. The van der Waals surface area contributed by atoms with Crippen molar-refractivity contribution in [2.75, 3.05) is 18.4 Å². The van der Waals surface area contributed by atoms with E-state index >= 15 is 0 Å². The average Bonchev–Trinajstić information content (AvgIpc) is 3.25. The monoisotopic (exact) mass is 370 g/mol. The second-order valence-electron chi connectivity index (χ2n) is 6.77. The molecule has 0 radical (unpaired) electrons. The summed E-state index contributed by atoms with van der Waals surface area (Å²) in [5.41, 5.74) is 4.00. The molecule has 1 aromatic heterocycles. The van der Waals surface area contributed by atoms with Gasteiger partial charge in [0.25, 0.3) is 0 Å². The number of aryl methyl sites for hydroxylation is 1. The predicted octanol–water partition coefficient (Wildman–Crippen LogP) is 2.88. The second-order valence-corrected chi connectivity index (χ2v) is 7.76. The van der Waals surface area contributed by atoms with Crippen LogP contribution in [0.3, 0.4) is 0 Å². The van der Waals surface area contributed by atoms with E-state index in [1.54, 1.807) is 21.3 Å². The highest BCUT2D eigenvalue weighted by Crippen LogP contribution is 2.36. The number of thioether (sulfide) groups is 1. The zero-order chi connectivity index (χ0) is 18.1. The molecule has 0 bridgehead atoms. The molecule has 0 aliphatic carbocycles. The first-order chi connectivity index (χ1) is 12.6. The quantitative estimate of drug-likeness (QED) is 0.826. The molecule has 0 spiro atoms. The van der Waals surface area contributed by atoms with E-state index in [1.165, 1.54) is 0 Å². The Morgan fingerprint density at radius 1 is 1.12 bits per heavy atom. The summed E-state index contributed by atoms with van der Waals surface area (Å²) < 4.78 is 1.78. The first-order valence-corrected chi connectivity index (χ1v) is 10.2. The zero-order valence-corrected chi connectivity index (χ0v) is 15.6. The van der Waals surface area contributed by atoms with Crippen LogP contribution in [0.15, 0.2) is 24.3 Å². The molecule has 1 N–H and O–H groups in total. The van der Waals surface area contributed by atoms with Crippen LogP contribution in [0.5, 0.6) is 0 Å². The van der Waals surface area contributed by atoms with Gasteiger partial charge >= 0.3 is 11.8 Å². The van der Waals surface area contributed by atoms with Gasteiger partial charge in [0, 0.05) is 30.2 Å². The molecule has 2 amide bonds. The number of benzene rings is 1. The molecule has 0 unspecified atom stereocenters. The van der Waals surface area contributed by atoms with Gasteiger partial charge in [0.05, 0.1) is 11.4 Å². The molecule has 6 nitrogen and oxygen atoms in total. The number of carbonyl (C=O) groups is 2. The largest absolute Gasteiger partial charge is 0.334 e. The summed E-state index contributed by atoms with van der Waals surface area (Å²) in [6.45, 7) is 3.34. The minimum Gasteiger partial charge on any atom is -0.334 e.